The van der Waals surface area contributed by atoms with Gasteiger partial charge < -0.3 is 14.8 Å². The van der Waals surface area contributed by atoms with E-state index in [0.29, 0.717) is 23.8 Å². The van der Waals surface area contributed by atoms with Crippen molar-refractivity contribution in [1.82, 2.24) is 5.32 Å². The molecule has 4 nitrogen and oxygen atoms in total. The van der Waals surface area contributed by atoms with Crippen LogP contribution in [0.3, 0.4) is 0 Å². The van der Waals surface area contributed by atoms with Crippen LogP contribution in [0.4, 0.5) is 0 Å². The molecule has 4 heteroatoms. The molecule has 0 spiro atoms. The van der Waals surface area contributed by atoms with Crippen LogP contribution in [0.2, 0.25) is 0 Å². The van der Waals surface area contributed by atoms with Gasteiger partial charge in [-0.25, -0.2) is 0 Å². The lowest BCUT2D eigenvalue weighted by Gasteiger charge is -2.23. The lowest BCUT2D eigenvalue weighted by Crippen LogP contribution is -2.44. The van der Waals surface area contributed by atoms with Crippen molar-refractivity contribution in [2.45, 2.75) is 46.3 Å². The van der Waals surface area contributed by atoms with Crippen molar-refractivity contribution in [3.63, 3.8) is 0 Å². The highest BCUT2D eigenvalue weighted by Crippen LogP contribution is 2.27. The van der Waals surface area contributed by atoms with Gasteiger partial charge in [-0.05, 0) is 31.4 Å². The second kappa shape index (κ2) is 7.78. The lowest BCUT2D eigenvalue weighted by atomic mass is 10.1. The van der Waals surface area contributed by atoms with Crippen molar-refractivity contribution in [3.8, 4) is 11.5 Å². The number of ether oxygens (including phenoxy) is 2. The molecule has 0 aromatic heterocycles. The highest BCUT2D eigenvalue weighted by molar-refractivity contribution is 5.81. The number of rotatable bonds is 7. The summed E-state index contributed by atoms with van der Waals surface area (Å²) in [5, 5.41) is 2.98. The van der Waals surface area contributed by atoms with Gasteiger partial charge in [0.1, 0.15) is 0 Å². The summed E-state index contributed by atoms with van der Waals surface area (Å²) in [6, 6.07) is 7.47. The maximum Gasteiger partial charge on any atom is 0.261 e. The van der Waals surface area contributed by atoms with Crippen LogP contribution in [0.25, 0.3) is 0 Å². The number of benzene rings is 1. The van der Waals surface area contributed by atoms with Crippen LogP contribution in [0.1, 0.15) is 34.1 Å². The van der Waals surface area contributed by atoms with Gasteiger partial charge in [0.2, 0.25) is 0 Å². The number of carbonyl (C=O) groups excluding carboxylic acids is 1. The predicted octanol–water partition coefficient (Wildman–Crippen LogP) is 3.01. The average Bonchev–Trinajstić information content (AvgIpc) is 2.44. The fraction of sp³-hybridized carbons (Fsp3) is 0.562. The van der Waals surface area contributed by atoms with Crippen LogP contribution >= 0.6 is 0 Å². The molecule has 2 atom stereocenters. The normalized spacial score (nSPS) is 13.7. The number of amides is 1. The Morgan fingerprint density at radius 3 is 2.30 bits per heavy atom. The molecule has 0 bridgehead atoms. The monoisotopic (exact) mass is 279 g/mol. The summed E-state index contributed by atoms with van der Waals surface area (Å²) in [5.74, 6) is 1.53. The third-order valence-electron chi connectivity index (χ3n) is 3.37. The molecule has 0 radical (unpaired) electrons. The second-order valence-electron chi connectivity index (χ2n) is 5.21. The fourth-order valence-corrected chi connectivity index (χ4v) is 1.68. The first-order valence-corrected chi connectivity index (χ1v) is 7.09. The Morgan fingerprint density at radius 1 is 1.20 bits per heavy atom. The highest BCUT2D eigenvalue weighted by Gasteiger charge is 2.22. The van der Waals surface area contributed by atoms with Gasteiger partial charge in [0.15, 0.2) is 17.6 Å². The maximum atomic E-state index is 12.2. The average molecular weight is 279 g/mol. The van der Waals surface area contributed by atoms with E-state index in [0.717, 1.165) is 0 Å². The molecule has 1 amide bonds. The van der Waals surface area contributed by atoms with E-state index in [4.69, 9.17) is 9.47 Å². The number of para-hydroxylation sites is 2. The molecule has 1 aromatic rings. The Bertz CT molecular complexity index is 431. The minimum Gasteiger partial charge on any atom is -0.493 e. The molecule has 0 saturated heterocycles. The zero-order valence-electron chi connectivity index (χ0n) is 13.0. The Labute approximate surface area is 121 Å². The van der Waals surface area contributed by atoms with Gasteiger partial charge in [0, 0.05) is 6.04 Å². The summed E-state index contributed by atoms with van der Waals surface area (Å²) in [5.41, 5.74) is 0. The zero-order valence-corrected chi connectivity index (χ0v) is 13.0. The number of methoxy groups -OCH3 is 1. The minimum atomic E-state index is -0.507. The number of nitrogens with one attached hydrogen (secondary N) is 1. The second-order valence-corrected chi connectivity index (χ2v) is 5.21. The third kappa shape index (κ3) is 4.44. The number of carbonyl (C=O) groups is 1. The molecular formula is C16H25NO3. The zero-order chi connectivity index (χ0) is 15.1. The summed E-state index contributed by atoms with van der Waals surface area (Å²) in [4.78, 5) is 12.2. The number of hydrogen-bond acceptors (Lipinski definition) is 3. The first-order chi connectivity index (χ1) is 9.49. The SMILES string of the molecule is CCC(Oc1ccccc1OC)C(=O)NC(C)C(C)C. The molecule has 1 aromatic carbocycles. The van der Waals surface area contributed by atoms with Crippen LogP contribution in [0.5, 0.6) is 11.5 Å². The van der Waals surface area contributed by atoms with Crippen molar-refractivity contribution in [3.05, 3.63) is 24.3 Å². The topological polar surface area (TPSA) is 47.6 Å². The van der Waals surface area contributed by atoms with Crippen molar-refractivity contribution < 1.29 is 14.3 Å². The van der Waals surface area contributed by atoms with Crippen molar-refractivity contribution in [2.75, 3.05) is 7.11 Å². The molecule has 1 N–H and O–H groups in total. The van der Waals surface area contributed by atoms with Crippen LogP contribution in [0.15, 0.2) is 24.3 Å². The Morgan fingerprint density at radius 2 is 1.80 bits per heavy atom. The fourth-order valence-electron chi connectivity index (χ4n) is 1.68. The van der Waals surface area contributed by atoms with Gasteiger partial charge in [-0.2, -0.15) is 0 Å². The molecule has 0 fully saturated rings. The predicted molar refractivity (Wildman–Crippen MR) is 80.1 cm³/mol. The molecule has 0 aliphatic rings. The molecule has 0 saturated carbocycles. The van der Waals surface area contributed by atoms with E-state index in [1.807, 2.05) is 32.0 Å². The first kappa shape index (κ1) is 16.3. The summed E-state index contributed by atoms with van der Waals surface area (Å²) in [6.45, 7) is 8.08. The molecule has 0 heterocycles. The van der Waals surface area contributed by atoms with Gasteiger partial charge in [-0.3, -0.25) is 4.79 Å². The van der Waals surface area contributed by atoms with Crippen LogP contribution in [-0.4, -0.2) is 25.2 Å². The quantitative estimate of drug-likeness (QED) is 0.834. The van der Waals surface area contributed by atoms with Crippen molar-refractivity contribution in [1.29, 1.82) is 0 Å². The third-order valence-corrected chi connectivity index (χ3v) is 3.37. The molecule has 0 aliphatic carbocycles. The minimum absolute atomic E-state index is 0.0837. The molecule has 20 heavy (non-hydrogen) atoms. The standard InChI is InChI=1S/C16H25NO3/c1-6-13(16(18)17-12(4)11(2)3)20-15-10-8-7-9-14(15)19-5/h7-13H,6H2,1-5H3,(H,17,18). The van der Waals surface area contributed by atoms with Gasteiger partial charge in [-0.15, -0.1) is 0 Å². The van der Waals surface area contributed by atoms with E-state index in [1.54, 1.807) is 13.2 Å². The lowest BCUT2D eigenvalue weighted by molar-refractivity contribution is -0.129. The summed E-state index contributed by atoms with van der Waals surface area (Å²) in [7, 11) is 1.59. The van der Waals surface area contributed by atoms with E-state index < -0.39 is 6.10 Å². The van der Waals surface area contributed by atoms with Gasteiger partial charge in [0.05, 0.1) is 7.11 Å². The first-order valence-electron chi connectivity index (χ1n) is 7.09. The maximum absolute atomic E-state index is 12.2. The van der Waals surface area contributed by atoms with E-state index in [9.17, 15) is 4.79 Å². The van der Waals surface area contributed by atoms with E-state index in [2.05, 4.69) is 19.2 Å². The van der Waals surface area contributed by atoms with Gasteiger partial charge >= 0.3 is 0 Å². The molecule has 2 unspecified atom stereocenters. The van der Waals surface area contributed by atoms with Gasteiger partial charge in [0.25, 0.3) is 5.91 Å². The largest absolute Gasteiger partial charge is 0.493 e. The summed E-state index contributed by atoms with van der Waals surface area (Å²) < 4.78 is 11.0. The Balaban J connectivity index is 2.74. The summed E-state index contributed by atoms with van der Waals surface area (Å²) in [6.07, 6.45) is 0.0989. The molecule has 112 valence electrons. The Hall–Kier alpha value is -1.71. The van der Waals surface area contributed by atoms with Crippen molar-refractivity contribution >= 4 is 5.91 Å². The smallest absolute Gasteiger partial charge is 0.261 e. The van der Waals surface area contributed by atoms with Crippen molar-refractivity contribution in [2.24, 2.45) is 5.92 Å². The Kier molecular flexibility index (Phi) is 6.36. The van der Waals surface area contributed by atoms with Crippen LogP contribution < -0.4 is 14.8 Å². The van der Waals surface area contributed by atoms with E-state index in [1.165, 1.54) is 0 Å². The molecular weight excluding hydrogens is 254 g/mol. The summed E-state index contributed by atoms with van der Waals surface area (Å²) >= 11 is 0. The van der Waals surface area contributed by atoms with Crippen LogP contribution in [0, 0.1) is 5.92 Å². The van der Waals surface area contributed by atoms with E-state index >= 15 is 0 Å². The van der Waals surface area contributed by atoms with Gasteiger partial charge in [-0.1, -0.05) is 32.9 Å². The molecule has 0 aliphatic heterocycles. The number of hydrogen-bond donors (Lipinski definition) is 1. The van der Waals surface area contributed by atoms with E-state index in [-0.39, 0.29) is 11.9 Å². The highest BCUT2D eigenvalue weighted by atomic mass is 16.5. The van der Waals surface area contributed by atoms with Crippen LogP contribution in [-0.2, 0) is 4.79 Å². The molecule has 1 rings (SSSR count).